The van der Waals surface area contributed by atoms with Crippen LogP contribution in [-0.4, -0.2) is 57.7 Å². The quantitative estimate of drug-likeness (QED) is 0.331. The Bertz CT molecular complexity index is 726. The molecule has 2 aliphatic rings. The van der Waals surface area contributed by atoms with Gasteiger partial charge in [0.2, 0.25) is 5.91 Å². The number of likely N-dealkylation sites (N-methyl/N-ethyl adjacent to an activating group) is 1. The second-order valence-corrected chi connectivity index (χ2v) is 7.92. The maximum absolute atomic E-state index is 12.0. The van der Waals surface area contributed by atoms with Gasteiger partial charge in [-0.2, -0.15) is 0 Å². The van der Waals surface area contributed by atoms with Crippen LogP contribution in [0.25, 0.3) is 0 Å². The summed E-state index contributed by atoms with van der Waals surface area (Å²) in [4.78, 5) is 18.3. The van der Waals surface area contributed by atoms with Crippen molar-refractivity contribution in [1.82, 2.24) is 15.5 Å². The molecule has 2 bridgehead atoms. The van der Waals surface area contributed by atoms with Crippen LogP contribution in [0.3, 0.4) is 0 Å². The normalized spacial score (nSPS) is 22.6. The largest absolute Gasteiger partial charge is 0.493 e. The fourth-order valence-electron chi connectivity index (χ4n) is 4.22. The molecule has 162 valence electrons. The summed E-state index contributed by atoms with van der Waals surface area (Å²) in [6.07, 6.45) is 5.16. The number of carbonyl (C=O) groups is 1. The van der Waals surface area contributed by atoms with Crippen LogP contribution in [0.15, 0.2) is 23.2 Å². The van der Waals surface area contributed by atoms with Gasteiger partial charge in [0.25, 0.3) is 0 Å². The van der Waals surface area contributed by atoms with Crippen LogP contribution in [0.2, 0.25) is 0 Å². The number of fused-ring (bicyclic) bond motifs is 2. The molecule has 2 saturated carbocycles. The fraction of sp³-hybridized carbons (Fsp3) is 0.619. The number of rotatable bonds is 7. The van der Waals surface area contributed by atoms with Crippen molar-refractivity contribution in [3.05, 3.63) is 23.8 Å². The first-order valence-electron chi connectivity index (χ1n) is 9.96. The lowest BCUT2D eigenvalue weighted by molar-refractivity contribution is -0.127. The molecule has 3 atom stereocenters. The first-order chi connectivity index (χ1) is 13.5. The van der Waals surface area contributed by atoms with Gasteiger partial charge in [0, 0.05) is 20.1 Å². The molecule has 29 heavy (non-hydrogen) atoms. The fourth-order valence-corrected chi connectivity index (χ4v) is 4.22. The summed E-state index contributed by atoms with van der Waals surface area (Å²) >= 11 is 0. The highest BCUT2D eigenvalue weighted by molar-refractivity contribution is 14.0. The number of amides is 1. The van der Waals surface area contributed by atoms with Gasteiger partial charge in [0.15, 0.2) is 17.5 Å². The third kappa shape index (κ3) is 6.13. The van der Waals surface area contributed by atoms with Gasteiger partial charge in [0.05, 0.1) is 27.3 Å². The third-order valence-electron chi connectivity index (χ3n) is 5.83. The molecule has 1 aromatic rings. The number of carbonyl (C=O) groups excluding carboxylic acids is 1. The first kappa shape index (κ1) is 23.6. The Labute approximate surface area is 190 Å². The summed E-state index contributed by atoms with van der Waals surface area (Å²) in [6.45, 7) is 0.720. The zero-order valence-corrected chi connectivity index (χ0v) is 20.1. The summed E-state index contributed by atoms with van der Waals surface area (Å²) < 4.78 is 10.7. The van der Waals surface area contributed by atoms with Gasteiger partial charge in [-0.1, -0.05) is 12.5 Å². The summed E-state index contributed by atoms with van der Waals surface area (Å²) in [5.74, 6) is 3.68. The Morgan fingerprint density at radius 2 is 1.93 bits per heavy atom. The summed E-state index contributed by atoms with van der Waals surface area (Å²) in [6, 6.07) is 6.24. The smallest absolute Gasteiger partial charge is 0.241 e. The predicted molar refractivity (Wildman–Crippen MR) is 125 cm³/mol. The molecule has 2 aliphatic carbocycles. The van der Waals surface area contributed by atoms with E-state index in [4.69, 9.17) is 14.5 Å². The zero-order chi connectivity index (χ0) is 20.1. The van der Waals surface area contributed by atoms with Crippen molar-refractivity contribution in [3.63, 3.8) is 0 Å². The van der Waals surface area contributed by atoms with Crippen molar-refractivity contribution in [1.29, 1.82) is 0 Å². The maximum atomic E-state index is 12.0. The van der Waals surface area contributed by atoms with Gasteiger partial charge in [-0.3, -0.25) is 4.79 Å². The minimum atomic E-state index is 0. The topological polar surface area (TPSA) is 75.2 Å². The molecule has 2 fully saturated rings. The molecule has 0 heterocycles. The number of nitrogens with one attached hydrogen (secondary N) is 2. The van der Waals surface area contributed by atoms with E-state index in [0.717, 1.165) is 17.4 Å². The van der Waals surface area contributed by atoms with Crippen molar-refractivity contribution < 1.29 is 14.3 Å². The molecule has 0 spiro atoms. The first-order valence-corrected chi connectivity index (χ1v) is 9.96. The van der Waals surface area contributed by atoms with Crippen LogP contribution in [0.5, 0.6) is 11.5 Å². The minimum Gasteiger partial charge on any atom is -0.493 e. The number of ether oxygens (including phenoxy) is 2. The van der Waals surface area contributed by atoms with Crippen LogP contribution in [-0.2, 0) is 11.3 Å². The molecule has 0 aromatic heterocycles. The van der Waals surface area contributed by atoms with E-state index < -0.39 is 0 Å². The Balaban J connectivity index is 0.00000300. The number of halogens is 1. The van der Waals surface area contributed by atoms with Crippen LogP contribution in [0.1, 0.15) is 31.2 Å². The average Bonchev–Trinajstić information content (AvgIpc) is 3.32. The van der Waals surface area contributed by atoms with Gasteiger partial charge in [-0.25, -0.2) is 4.99 Å². The second-order valence-electron chi connectivity index (χ2n) is 7.92. The van der Waals surface area contributed by atoms with E-state index in [2.05, 4.69) is 10.6 Å². The van der Waals surface area contributed by atoms with Crippen LogP contribution < -0.4 is 20.1 Å². The van der Waals surface area contributed by atoms with Gasteiger partial charge in [-0.05, 0) is 48.8 Å². The highest BCUT2D eigenvalue weighted by Crippen LogP contribution is 2.44. The summed E-state index contributed by atoms with van der Waals surface area (Å²) in [5, 5.41) is 6.78. The molecule has 0 radical (unpaired) electrons. The Hall–Kier alpha value is -1.71. The highest BCUT2D eigenvalue weighted by atomic mass is 127. The Kier molecular flexibility index (Phi) is 8.85. The van der Waals surface area contributed by atoms with E-state index in [1.807, 2.05) is 18.2 Å². The molecule has 2 N–H and O–H groups in total. The highest BCUT2D eigenvalue weighted by Gasteiger charge is 2.39. The van der Waals surface area contributed by atoms with Crippen LogP contribution in [0, 0.1) is 11.8 Å². The molecular weight excluding hydrogens is 483 g/mol. The lowest BCUT2D eigenvalue weighted by Crippen LogP contribution is -2.48. The predicted octanol–water partition coefficient (Wildman–Crippen LogP) is 2.63. The summed E-state index contributed by atoms with van der Waals surface area (Å²) in [5.41, 5.74) is 1.02. The SMILES string of the molecule is COc1ccc(CN=C(NCC(=O)N(C)C)NC2CC3CCC2C3)cc1OC.I. The second kappa shape index (κ2) is 10.9. The van der Waals surface area contributed by atoms with Gasteiger partial charge >= 0.3 is 0 Å². The molecule has 7 nitrogen and oxygen atoms in total. The standard InChI is InChI=1S/C21H32N4O3.HI/c1-25(2)20(26)13-23-21(24-17-10-14-5-7-16(17)9-14)22-12-15-6-8-18(27-3)19(11-15)28-4;/h6,8,11,14,16-17H,5,7,9-10,12-13H2,1-4H3,(H2,22,23,24);1H. The monoisotopic (exact) mass is 516 g/mol. The van der Waals surface area contributed by atoms with Crippen molar-refractivity contribution >= 4 is 35.8 Å². The third-order valence-corrected chi connectivity index (χ3v) is 5.83. The number of hydrogen-bond acceptors (Lipinski definition) is 4. The molecule has 3 unspecified atom stereocenters. The van der Waals surface area contributed by atoms with Gasteiger partial charge in [0.1, 0.15) is 0 Å². The molecule has 0 aliphatic heterocycles. The van der Waals surface area contributed by atoms with Crippen molar-refractivity contribution in [3.8, 4) is 11.5 Å². The lowest BCUT2D eigenvalue weighted by Gasteiger charge is -2.25. The molecule has 0 saturated heterocycles. The number of hydrogen-bond donors (Lipinski definition) is 2. The maximum Gasteiger partial charge on any atom is 0.241 e. The summed E-state index contributed by atoms with van der Waals surface area (Å²) in [7, 11) is 6.77. The van der Waals surface area contributed by atoms with E-state index >= 15 is 0 Å². The van der Waals surface area contributed by atoms with Gasteiger partial charge in [-0.15, -0.1) is 24.0 Å². The zero-order valence-electron chi connectivity index (χ0n) is 17.7. The number of guanidine groups is 1. The molecule has 3 rings (SSSR count). The van der Waals surface area contributed by atoms with Crippen molar-refractivity contribution in [2.45, 2.75) is 38.3 Å². The van der Waals surface area contributed by atoms with Crippen molar-refractivity contribution in [2.24, 2.45) is 16.8 Å². The van der Waals surface area contributed by atoms with E-state index in [-0.39, 0.29) is 36.4 Å². The Morgan fingerprint density at radius 3 is 2.52 bits per heavy atom. The lowest BCUT2D eigenvalue weighted by atomic mass is 9.95. The van der Waals surface area contributed by atoms with Crippen LogP contribution in [0.4, 0.5) is 0 Å². The number of benzene rings is 1. The minimum absolute atomic E-state index is 0. The van der Waals surface area contributed by atoms with E-state index in [9.17, 15) is 4.79 Å². The molecule has 1 aromatic carbocycles. The van der Waals surface area contributed by atoms with E-state index in [0.29, 0.717) is 30.0 Å². The number of aliphatic imine (C=N–C) groups is 1. The van der Waals surface area contributed by atoms with E-state index in [1.54, 1.807) is 33.2 Å². The molecular formula is C21H33IN4O3. The number of methoxy groups -OCH3 is 2. The molecule has 1 amide bonds. The molecule has 8 heteroatoms. The van der Waals surface area contributed by atoms with Crippen LogP contribution >= 0.6 is 24.0 Å². The van der Waals surface area contributed by atoms with Gasteiger partial charge < -0.3 is 25.0 Å². The Morgan fingerprint density at radius 1 is 1.17 bits per heavy atom. The van der Waals surface area contributed by atoms with Crippen molar-refractivity contribution in [2.75, 3.05) is 34.9 Å². The number of nitrogens with zero attached hydrogens (tertiary/aromatic N) is 2. The average molecular weight is 516 g/mol. The van der Waals surface area contributed by atoms with E-state index in [1.165, 1.54) is 25.7 Å².